The lowest BCUT2D eigenvalue weighted by Gasteiger charge is -2.52. The number of carbonyl (C=O) groups is 1. The zero-order valence-electron chi connectivity index (χ0n) is 36.6. The molecule has 0 radical (unpaired) electrons. The molecule has 1 aliphatic carbocycles. The minimum absolute atomic E-state index is 0.0478. The number of ether oxygens (including phenoxy) is 3. The van der Waals surface area contributed by atoms with E-state index < -0.39 is 20.7 Å². The molecule has 62 heavy (non-hydrogen) atoms. The third-order valence-corrected chi connectivity index (χ3v) is 14.4. The second-order valence-corrected chi connectivity index (χ2v) is 19.6. The van der Waals surface area contributed by atoms with Crippen molar-refractivity contribution >= 4 is 13.9 Å². The topological polar surface area (TPSA) is 147 Å². The van der Waals surface area contributed by atoms with Gasteiger partial charge in [0.2, 0.25) is 0 Å². The number of phosphoric acid groups is 1. The molecule has 0 spiro atoms. The molecule has 340 valence electrons. The second-order valence-electron chi connectivity index (χ2n) is 18.3. The molecule has 4 fully saturated rings. The Morgan fingerprint density at radius 2 is 1.60 bits per heavy atom. The van der Waals surface area contributed by atoms with Crippen LogP contribution in [0.1, 0.15) is 123 Å². The number of carbonyl (C=O) groups excluding carboxylic acids is 1. The third kappa shape index (κ3) is 13.4. The summed E-state index contributed by atoms with van der Waals surface area (Å²) in [6.07, 6.45) is 15.1. The zero-order chi connectivity index (χ0) is 43.2. The van der Waals surface area contributed by atoms with Gasteiger partial charge in [0, 0.05) is 50.6 Å². The van der Waals surface area contributed by atoms with Crippen molar-refractivity contribution in [3.05, 3.63) is 101 Å². The van der Waals surface area contributed by atoms with Crippen LogP contribution in [0.4, 0.5) is 4.79 Å². The van der Waals surface area contributed by atoms with Crippen LogP contribution in [0.2, 0.25) is 0 Å². The molecule has 12 nitrogen and oxygen atoms in total. The Balaban J connectivity index is 0.903. The van der Waals surface area contributed by atoms with E-state index in [1.54, 1.807) is 12.1 Å². The molecule has 3 aromatic carbocycles. The quantitative estimate of drug-likeness (QED) is 0.0316. The van der Waals surface area contributed by atoms with Crippen molar-refractivity contribution in [1.82, 2.24) is 10.2 Å². The van der Waals surface area contributed by atoms with Crippen molar-refractivity contribution in [1.29, 1.82) is 0 Å². The first-order valence-corrected chi connectivity index (χ1v) is 25.1. The molecule has 1 amide bonds. The number of nitrogens with zero attached hydrogens (tertiary/aromatic N) is 2. The lowest BCUT2D eigenvalue weighted by molar-refractivity contribution is -0.958. The number of aliphatic hydroxyl groups is 1. The molecule has 1 saturated carbocycles. The van der Waals surface area contributed by atoms with Gasteiger partial charge in [-0.1, -0.05) is 92.8 Å². The molecule has 3 aromatic rings. The van der Waals surface area contributed by atoms with Gasteiger partial charge in [0.25, 0.3) is 0 Å². The first-order valence-electron chi connectivity index (χ1n) is 23.5. The number of aryl methyl sites for hydroxylation is 1. The molecule has 4 aliphatic heterocycles. The van der Waals surface area contributed by atoms with Crippen LogP contribution in [0.25, 0.3) is 0 Å². The number of amides is 1. The SMILES string of the molecule is O=C(O[C@H]1C[N+]2(Cc3cc(C(O)CNCCCCCCOCCCCc4ccccc4)ccc3OCOP(=O)(O)O)CCC1CC2)N1CCc2ccccc2[C@@H]1C1CCCCC1. The predicted octanol–water partition coefficient (Wildman–Crippen LogP) is 8.78. The van der Waals surface area contributed by atoms with E-state index in [1.165, 1.54) is 36.0 Å². The summed E-state index contributed by atoms with van der Waals surface area (Å²) in [6.45, 7) is 5.98. The van der Waals surface area contributed by atoms with E-state index in [0.29, 0.717) is 48.2 Å². The standard InChI is InChI=1S/C49H70N3O9P/c53-45(34-50-27-12-1-2-13-31-58-32-14-11-17-38-15-5-3-6-16-38)42-22-23-46(59-37-60-62(55,56)57)43(33-42)35-52-29-25-40(26-30-52)47(36-52)61-49(54)51-28-24-39-18-9-10-21-44(39)48(51)41-19-7-4-8-20-41/h3,5-6,9-10,15-16,18,21-23,33,40-41,45,47-48,50,53H,1-2,4,7-8,11-14,17,19-20,24-32,34-37H2,(H-,55,56,57)/p+1/t40?,45?,47-,48-,52?/m0/s1. The number of fused-ring (bicyclic) bond motifs is 4. The average Bonchev–Trinajstić information content (AvgIpc) is 3.28. The van der Waals surface area contributed by atoms with Gasteiger partial charge >= 0.3 is 13.9 Å². The van der Waals surface area contributed by atoms with Crippen LogP contribution in [-0.4, -0.2) is 95.7 Å². The normalized spacial score (nSPS) is 23.2. The molecule has 8 rings (SSSR count). The van der Waals surface area contributed by atoms with E-state index >= 15 is 0 Å². The van der Waals surface area contributed by atoms with Crippen LogP contribution >= 0.6 is 7.82 Å². The van der Waals surface area contributed by atoms with Crippen molar-refractivity contribution in [2.24, 2.45) is 11.8 Å². The van der Waals surface area contributed by atoms with Crippen molar-refractivity contribution in [3.63, 3.8) is 0 Å². The van der Waals surface area contributed by atoms with Crippen LogP contribution in [-0.2, 0) is 37.9 Å². The number of phosphoric ester groups is 1. The van der Waals surface area contributed by atoms with Crippen molar-refractivity contribution in [2.75, 3.05) is 59.3 Å². The molecule has 1 unspecified atom stereocenters. The Morgan fingerprint density at radius 3 is 2.39 bits per heavy atom. The minimum Gasteiger partial charge on any atom is -0.466 e. The number of nitrogens with one attached hydrogen (secondary N) is 1. The number of benzene rings is 3. The Bertz CT molecular complexity index is 1880. The highest BCUT2D eigenvalue weighted by Gasteiger charge is 2.49. The maximum atomic E-state index is 14.3. The highest BCUT2D eigenvalue weighted by atomic mass is 31.2. The van der Waals surface area contributed by atoms with Gasteiger partial charge in [0.15, 0.2) is 12.9 Å². The number of hydrogen-bond acceptors (Lipinski definition) is 8. The van der Waals surface area contributed by atoms with Gasteiger partial charge in [-0.3, -0.25) is 0 Å². The van der Waals surface area contributed by atoms with E-state index in [4.69, 9.17) is 14.2 Å². The number of piperidine rings is 3. The summed E-state index contributed by atoms with van der Waals surface area (Å²) < 4.78 is 35.1. The molecule has 0 aromatic heterocycles. The van der Waals surface area contributed by atoms with Crippen LogP contribution in [0, 0.1) is 11.8 Å². The van der Waals surface area contributed by atoms with Gasteiger partial charge in [0.05, 0.1) is 25.2 Å². The molecule has 3 saturated heterocycles. The summed E-state index contributed by atoms with van der Waals surface area (Å²) in [4.78, 5) is 34.9. The van der Waals surface area contributed by atoms with Gasteiger partial charge in [-0.05, 0) is 98.2 Å². The van der Waals surface area contributed by atoms with Crippen LogP contribution in [0.3, 0.4) is 0 Å². The summed E-state index contributed by atoms with van der Waals surface area (Å²) in [5.41, 5.74) is 5.58. The van der Waals surface area contributed by atoms with Gasteiger partial charge in [-0.2, -0.15) is 0 Å². The maximum Gasteiger partial charge on any atom is 0.472 e. The molecule has 13 heteroatoms. The minimum atomic E-state index is -4.73. The fraction of sp³-hybridized carbons (Fsp3) is 0.612. The van der Waals surface area contributed by atoms with E-state index in [0.717, 1.165) is 121 Å². The van der Waals surface area contributed by atoms with Crippen molar-refractivity contribution in [2.45, 2.75) is 121 Å². The molecule has 4 heterocycles. The van der Waals surface area contributed by atoms with Crippen LogP contribution in [0.15, 0.2) is 72.8 Å². The average molecular weight is 877 g/mol. The number of unbranched alkanes of at least 4 members (excludes halogenated alkanes) is 4. The third-order valence-electron chi connectivity index (χ3n) is 13.9. The monoisotopic (exact) mass is 876 g/mol. The van der Waals surface area contributed by atoms with Gasteiger partial charge in [0.1, 0.15) is 18.8 Å². The van der Waals surface area contributed by atoms with Crippen molar-refractivity contribution < 1.29 is 47.5 Å². The first-order chi connectivity index (χ1) is 30.2. The van der Waals surface area contributed by atoms with Crippen LogP contribution in [0.5, 0.6) is 5.75 Å². The number of aliphatic hydroxyl groups excluding tert-OH is 1. The predicted molar refractivity (Wildman–Crippen MR) is 239 cm³/mol. The Hall–Kier alpha value is -3.32. The fourth-order valence-corrected chi connectivity index (χ4v) is 10.8. The molecular weight excluding hydrogens is 806 g/mol. The Morgan fingerprint density at radius 1 is 0.855 bits per heavy atom. The van der Waals surface area contributed by atoms with Gasteiger partial charge in [-0.25, -0.2) is 13.9 Å². The zero-order valence-corrected chi connectivity index (χ0v) is 37.5. The van der Waals surface area contributed by atoms with E-state index in [1.807, 2.05) is 11.0 Å². The number of hydrogen-bond donors (Lipinski definition) is 4. The highest BCUT2D eigenvalue weighted by Crippen LogP contribution is 2.44. The molecule has 2 bridgehead atoms. The summed E-state index contributed by atoms with van der Waals surface area (Å²) in [5.74, 6) is 1.20. The maximum absolute atomic E-state index is 14.3. The summed E-state index contributed by atoms with van der Waals surface area (Å²) in [7, 11) is -4.73. The molecular formula is C49H71N3O9P+. The summed E-state index contributed by atoms with van der Waals surface area (Å²) in [6, 6.07) is 24.8. The first kappa shape index (κ1) is 46.7. The lowest BCUT2D eigenvalue weighted by Crippen LogP contribution is -2.64. The van der Waals surface area contributed by atoms with Crippen LogP contribution < -0.4 is 10.1 Å². The molecule has 5 aliphatic rings. The summed E-state index contributed by atoms with van der Waals surface area (Å²) in [5, 5.41) is 14.7. The molecule has 4 N–H and O–H groups in total. The molecule has 3 atom stereocenters. The summed E-state index contributed by atoms with van der Waals surface area (Å²) >= 11 is 0. The Labute approximate surface area is 369 Å². The number of rotatable bonds is 23. The van der Waals surface area contributed by atoms with Gasteiger partial charge in [-0.15, -0.1) is 0 Å². The fourth-order valence-electron chi connectivity index (χ4n) is 10.6. The van der Waals surface area contributed by atoms with E-state index in [-0.39, 0.29) is 18.2 Å². The van der Waals surface area contributed by atoms with E-state index in [2.05, 4.69) is 64.4 Å². The van der Waals surface area contributed by atoms with E-state index in [9.17, 15) is 24.3 Å². The highest BCUT2D eigenvalue weighted by molar-refractivity contribution is 7.46. The largest absolute Gasteiger partial charge is 0.472 e. The Kier molecular flexibility index (Phi) is 17.3. The second kappa shape index (κ2) is 23.0. The van der Waals surface area contributed by atoms with Crippen molar-refractivity contribution in [3.8, 4) is 5.75 Å². The number of quaternary nitrogens is 1. The lowest BCUT2D eigenvalue weighted by atomic mass is 9.77. The van der Waals surface area contributed by atoms with Gasteiger partial charge < -0.3 is 43.8 Å². The smallest absolute Gasteiger partial charge is 0.466 e.